The van der Waals surface area contributed by atoms with Crippen molar-refractivity contribution in [2.75, 3.05) is 18.6 Å². The summed E-state index contributed by atoms with van der Waals surface area (Å²) in [7, 11) is 2.21. The van der Waals surface area contributed by atoms with E-state index in [2.05, 4.69) is 57.8 Å². The molecule has 2 aromatic heterocycles. The molecule has 30 heavy (non-hydrogen) atoms. The second kappa shape index (κ2) is 7.13. The van der Waals surface area contributed by atoms with Crippen molar-refractivity contribution in [1.29, 1.82) is 0 Å². The number of H-pyrrole nitrogens is 1. The van der Waals surface area contributed by atoms with Crippen LogP contribution in [-0.4, -0.2) is 47.0 Å². The molecule has 2 N–H and O–H groups in total. The summed E-state index contributed by atoms with van der Waals surface area (Å²) in [6, 6.07) is 12.7. The Bertz CT molecular complexity index is 1050. The first-order valence-corrected chi connectivity index (χ1v) is 11.0. The number of nitrogens with one attached hydrogen (secondary N) is 2. The number of hydrogen-bond acceptors (Lipinski definition) is 5. The van der Waals surface area contributed by atoms with E-state index in [4.69, 9.17) is 9.72 Å². The lowest BCUT2D eigenvalue weighted by Crippen LogP contribution is -2.47. The third kappa shape index (κ3) is 3.06. The maximum Gasteiger partial charge on any atom is 0.128 e. The highest BCUT2D eigenvalue weighted by atomic mass is 16.5. The summed E-state index contributed by atoms with van der Waals surface area (Å²) in [6.45, 7) is 0.645. The Kier molecular flexibility index (Phi) is 4.27. The van der Waals surface area contributed by atoms with Crippen LogP contribution in [0.3, 0.4) is 0 Å². The standard InChI is InChI=1S/C24H27N5O/c1-29(19-11-17-3-4-18(12-19)27-17)24-7-6-20-21-5-2-15(16-13-25-26-14-16)10-23(21)30-9-8-22(20)28-24/h2,5-7,10,13-14,17-19,27H,3-4,8-9,11-12H2,1H3,(H,25,26). The number of anilines is 1. The molecule has 0 aliphatic carbocycles. The first-order valence-electron chi connectivity index (χ1n) is 11.0. The van der Waals surface area contributed by atoms with Crippen LogP contribution in [-0.2, 0) is 6.42 Å². The topological polar surface area (TPSA) is 66.1 Å². The number of aromatic amines is 1. The van der Waals surface area contributed by atoms with Gasteiger partial charge in [0, 0.05) is 54.5 Å². The van der Waals surface area contributed by atoms with Gasteiger partial charge in [0.2, 0.25) is 0 Å². The summed E-state index contributed by atoms with van der Waals surface area (Å²) < 4.78 is 6.13. The van der Waals surface area contributed by atoms with E-state index in [0.717, 1.165) is 40.4 Å². The van der Waals surface area contributed by atoms with Crippen molar-refractivity contribution in [3.63, 3.8) is 0 Å². The number of aromatic nitrogens is 3. The molecule has 2 atom stereocenters. The highest BCUT2D eigenvalue weighted by Crippen LogP contribution is 2.39. The van der Waals surface area contributed by atoms with Gasteiger partial charge in [-0.15, -0.1) is 0 Å². The molecule has 0 saturated carbocycles. The zero-order chi connectivity index (χ0) is 20.1. The molecule has 0 radical (unpaired) electrons. The van der Waals surface area contributed by atoms with E-state index < -0.39 is 0 Å². The number of pyridine rings is 1. The average Bonchev–Trinajstić information content (AvgIpc) is 3.38. The van der Waals surface area contributed by atoms with Crippen LogP contribution in [0.5, 0.6) is 5.75 Å². The Morgan fingerprint density at radius 3 is 2.67 bits per heavy atom. The van der Waals surface area contributed by atoms with Gasteiger partial charge in [0.05, 0.1) is 18.5 Å². The van der Waals surface area contributed by atoms with E-state index in [1.807, 2.05) is 12.4 Å². The predicted octanol–water partition coefficient (Wildman–Crippen LogP) is 3.79. The lowest BCUT2D eigenvalue weighted by molar-refractivity contribution is 0.325. The van der Waals surface area contributed by atoms with Crippen LogP contribution in [0.4, 0.5) is 5.82 Å². The molecular formula is C24H27N5O. The largest absolute Gasteiger partial charge is 0.493 e. The van der Waals surface area contributed by atoms with Gasteiger partial charge >= 0.3 is 0 Å². The molecular weight excluding hydrogens is 374 g/mol. The molecule has 2 unspecified atom stereocenters. The van der Waals surface area contributed by atoms with E-state index in [9.17, 15) is 0 Å². The number of piperidine rings is 1. The molecule has 5 heterocycles. The number of nitrogens with zero attached hydrogens (tertiary/aromatic N) is 3. The Morgan fingerprint density at radius 1 is 1.03 bits per heavy atom. The van der Waals surface area contributed by atoms with E-state index in [1.54, 1.807) is 0 Å². The minimum Gasteiger partial charge on any atom is -0.493 e. The molecule has 154 valence electrons. The maximum absolute atomic E-state index is 6.13. The summed E-state index contributed by atoms with van der Waals surface area (Å²) in [5.41, 5.74) is 5.61. The molecule has 6 nitrogen and oxygen atoms in total. The van der Waals surface area contributed by atoms with Gasteiger partial charge in [0.1, 0.15) is 11.6 Å². The van der Waals surface area contributed by atoms with Crippen molar-refractivity contribution in [2.45, 2.75) is 50.2 Å². The van der Waals surface area contributed by atoms with Crippen molar-refractivity contribution in [2.24, 2.45) is 0 Å². The van der Waals surface area contributed by atoms with Crippen molar-refractivity contribution >= 4 is 5.82 Å². The Balaban J connectivity index is 1.31. The van der Waals surface area contributed by atoms with Crippen molar-refractivity contribution in [3.8, 4) is 28.0 Å². The number of rotatable bonds is 3. The summed E-state index contributed by atoms with van der Waals surface area (Å²) >= 11 is 0. The van der Waals surface area contributed by atoms with Crippen molar-refractivity contribution in [1.82, 2.24) is 20.5 Å². The van der Waals surface area contributed by atoms with Crippen LogP contribution in [0.1, 0.15) is 31.4 Å². The Labute approximate surface area is 176 Å². The highest BCUT2D eigenvalue weighted by Gasteiger charge is 2.35. The molecule has 0 spiro atoms. The van der Waals surface area contributed by atoms with Crippen LogP contribution < -0.4 is 15.0 Å². The van der Waals surface area contributed by atoms with E-state index in [0.29, 0.717) is 24.7 Å². The van der Waals surface area contributed by atoms with Crippen LogP contribution in [0.25, 0.3) is 22.3 Å². The minimum atomic E-state index is 0.570. The molecule has 3 aliphatic heterocycles. The lowest BCUT2D eigenvalue weighted by atomic mass is 9.97. The summed E-state index contributed by atoms with van der Waals surface area (Å²) in [6.07, 6.45) is 9.64. The Hall–Kier alpha value is -2.86. The van der Waals surface area contributed by atoms with Gasteiger partial charge in [-0.3, -0.25) is 5.10 Å². The molecule has 2 fully saturated rings. The highest BCUT2D eigenvalue weighted by molar-refractivity contribution is 5.78. The van der Waals surface area contributed by atoms with Crippen LogP contribution in [0, 0.1) is 0 Å². The fourth-order valence-electron chi connectivity index (χ4n) is 5.36. The molecule has 3 aliphatic rings. The predicted molar refractivity (Wildman–Crippen MR) is 118 cm³/mol. The third-order valence-corrected chi connectivity index (χ3v) is 7.02. The van der Waals surface area contributed by atoms with Gasteiger partial charge in [0.25, 0.3) is 0 Å². The molecule has 1 aromatic carbocycles. The molecule has 2 saturated heterocycles. The number of fused-ring (bicyclic) bond motifs is 5. The maximum atomic E-state index is 6.13. The zero-order valence-electron chi connectivity index (χ0n) is 17.3. The normalized spacial score (nSPS) is 24.5. The molecule has 6 rings (SSSR count). The van der Waals surface area contributed by atoms with E-state index >= 15 is 0 Å². The second-order valence-electron chi connectivity index (χ2n) is 8.83. The van der Waals surface area contributed by atoms with E-state index in [-0.39, 0.29) is 0 Å². The van der Waals surface area contributed by atoms with E-state index in [1.165, 1.54) is 31.2 Å². The van der Waals surface area contributed by atoms with Gasteiger partial charge in [-0.2, -0.15) is 5.10 Å². The van der Waals surface area contributed by atoms with Crippen molar-refractivity contribution in [3.05, 3.63) is 48.4 Å². The molecule has 2 bridgehead atoms. The SMILES string of the molecule is CN(c1ccc2c(n1)CCOc1cc(-c3cn[nH]c3)ccc1-2)C1CC2CCC(C1)N2. The van der Waals surface area contributed by atoms with Gasteiger partial charge in [0.15, 0.2) is 0 Å². The Morgan fingerprint density at radius 2 is 1.87 bits per heavy atom. The molecule has 6 heteroatoms. The number of ether oxygens (including phenoxy) is 1. The lowest BCUT2D eigenvalue weighted by Gasteiger charge is -2.36. The molecule has 0 amide bonds. The first-order chi connectivity index (χ1) is 14.7. The number of hydrogen-bond donors (Lipinski definition) is 2. The smallest absolute Gasteiger partial charge is 0.128 e. The zero-order valence-corrected chi connectivity index (χ0v) is 17.3. The monoisotopic (exact) mass is 401 g/mol. The van der Waals surface area contributed by atoms with Gasteiger partial charge in [-0.25, -0.2) is 4.98 Å². The third-order valence-electron chi connectivity index (χ3n) is 7.02. The quantitative estimate of drug-likeness (QED) is 0.699. The van der Waals surface area contributed by atoms with Crippen LogP contribution >= 0.6 is 0 Å². The van der Waals surface area contributed by atoms with Gasteiger partial charge in [-0.05, 0) is 55.5 Å². The van der Waals surface area contributed by atoms with Gasteiger partial charge < -0.3 is 15.0 Å². The van der Waals surface area contributed by atoms with Crippen LogP contribution in [0.15, 0.2) is 42.7 Å². The molecule has 3 aromatic rings. The second-order valence-corrected chi connectivity index (χ2v) is 8.83. The summed E-state index contributed by atoms with van der Waals surface area (Å²) in [4.78, 5) is 7.50. The van der Waals surface area contributed by atoms with Crippen molar-refractivity contribution < 1.29 is 4.74 Å². The first kappa shape index (κ1) is 18.0. The fraction of sp³-hybridized carbons (Fsp3) is 0.417. The fourth-order valence-corrected chi connectivity index (χ4v) is 5.36. The summed E-state index contributed by atoms with van der Waals surface area (Å²) in [5, 5.41) is 10.7. The summed E-state index contributed by atoms with van der Waals surface area (Å²) in [5.74, 6) is 2.00. The van der Waals surface area contributed by atoms with Crippen LogP contribution in [0.2, 0.25) is 0 Å². The number of benzene rings is 1. The van der Waals surface area contributed by atoms with Gasteiger partial charge in [-0.1, -0.05) is 6.07 Å². The average molecular weight is 402 g/mol. The minimum absolute atomic E-state index is 0.570.